The van der Waals surface area contributed by atoms with E-state index in [2.05, 4.69) is 15.5 Å². The summed E-state index contributed by atoms with van der Waals surface area (Å²) in [4.78, 5) is 31.3. The van der Waals surface area contributed by atoms with Crippen molar-refractivity contribution in [2.45, 2.75) is 46.6 Å². The Morgan fingerprint density at radius 2 is 2.04 bits per heavy atom. The van der Waals surface area contributed by atoms with Crippen LogP contribution in [0.4, 0.5) is 0 Å². The van der Waals surface area contributed by atoms with Gasteiger partial charge in [-0.15, -0.1) is 11.3 Å². The van der Waals surface area contributed by atoms with Gasteiger partial charge in [-0.05, 0) is 25.7 Å². The zero-order valence-corrected chi connectivity index (χ0v) is 17.0. The van der Waals surface area contributed by atoms with Crippen molar-refractivity contribution in [2.75, 3.05) is 13.1 Å². The van der Waals surface area contributed by atoms with Crippen LogP contribution in [0.15, 0.2) is 22.2 Å². The summed E-state index contributed by atoms with van der Waals surface area (Å²) in [7, 11) is 0. The second-order valence-corrected chi connectivity index (χ2v) is 8.96. The number of aromatic nitrogens is 2. The number of aryl methyl sites for hydroxylation is 1. The van der Waals surface area contributed by atoms with Crippen molar-refractivity contribution in [1.29, 1.82) is 0 Å². The van der Waals surface area contributed by atoms with Gasteiger partial charge in [0.25, 0.3) is 5.91 Å². The fourth-order valence-corrected chi connectivity index (χ4v) is 3.96. The second-order valence-electron chi connectivity index (χ2n) is 8.03. The first-order chi connectivity index (χ1) is 12.8. The molecule has 146 valence electrons. The van der Waals surface area contributed by atoms with Gasteiger partial charge < -0.3 is 14.7 Å². The van der Waals surface area contributed by atoms with Crippen LogP contribution in [0.5, 0.6) is 0 Å². The minimum Gasteiger partial charge on any atom is -0.351 e. The van der Waals surface area contributed by atoms with Gasteiger partial charge in [-0.3, -0.25) is 9.59 Å². The highest BCUT2D eigenvalue weighted by Gasteiger charge is 2.34. The lowest BCUT2D eigenvalue weighted by atomic mass is 9.87. The van der Waals surface area contributed by atoms with E-state index in [1.54, 1.807) is 35.4 Å². The summed E-state index contributed by atoms with van der Waals surface area (Å²) in [5.41, 5.74) is 0.234. The summed E-state index contributed by atoms with van der Waals surface area (Å²) >= 11 is 1.55. The maximum Gasteiger partial charge on any atom is 0.292 e. The first-order valence-corrected chi connectivity index (χ1v) is 10.1. The van der Waals surface area contributed by atoms with Crippen LogP contribution in [0.25, 0.3) is 0 Å². The van der Waals surface area contributed by atoms with E-state index in [4.69, 9.17) is 4.52 Å². The first kappa shape index (κ1) is 19.5. The topological polar surface area (TPSA) is 88.3 Å². The number of amides is 2. The molecule has 27 heavy (non-hydrogen) atoms. The standard InChI is InChI=1S/C19H26N4O3S/c1-12-11-14(26-22-12)17(24)23-8-5-13(6-9-23)15(16-20-7-10-27-16)21-18(25)19(2,3)4/h7,10-11,13,15H,5-6,8-9H2,1-4H3,(H,21,25)/t15-/m1/s1. The minimum atomic E-state index is -0.462. The van der Waals surface area contributed by atoms with Gasteiger partial charge in [0.05, 0.1) is 11.7 Å². The Morgan fingerprint density at radius 3 is 2.56 bits per heavy atom. The molecule has 7 nitrogen and oxygen atoms in total. The number of carbonyl (C=O) groups is 2. The number of rotatable bonds is 4. The maximum atomic E-state index is 12.6. The molecule has 3 heterocycles. The van der Waals surface area contributed by atoms with Crippen molar-refractivity contribution in [3.05, 3.63) is 34.1 Å². The lowest BCUT2D eigenvalue weighted by molar-refractivity contribution is -0.129. The number of hydrogen-bond donors (Lipinski definition) is 1. The van der Waals surface area contributed by atoms with Crippen LogP contribution in [0, 0.1) is 18.3 Å². The number of hydrogen-bond acceptors (Lipinski definition) is 6. The monoisotopic (exact) mass is 390 g/mol. The Morgan fingerprint density at radius 1 is 1.33 bits per heavy atom. The average molecular weight is 391 g/mol. The minimum absolute atomic E-state index is 0.0124. The molecule has 0 aromatic carbocycles. The Kier molecular flexibility index (Phi) is 5.64. The van der Waals surface area contributed by atoms with Gasteiger partial charge in [-0.1, -0.05) is 25.9 Å². The summed E-state index contributed by atoms with van der Waals surface area (Å²) in [5, 5.41) is 9.82. The molecule has 8 heteroatoms. The first-order valence-electron chi connectivity index (χ1n) is 9.18. The van der Waals surface area contributed by atoms with Crippen molar-refractivity contribution in [3.63, 3.8) is 0 Å². The van der Waals surface area contributed by atoms with Crippen molar-refractivity contribution >= 4 is 23.2 Å². The molecule has 0 aliphatic carbocycles. The molecule has 1 aliphatic heterocycles. The lowest BCUT2D eigenvalue weighted by Crippen LogP contribution is -2.45. The number of nitrogens with zero attached hydrogens (tertiary/aromatic N) is 3. The van der Waals surface area contributed by atoms with Crippen molar-refractivity contribution < 1.29 is 14.1 Å². The largest absolute Gasteiger partial charge is 0.351 e. The highest BCUT2D eigenvalue weighted by molar-refractivity contribution is 7.09. The maximum absolute atomic E-state index is 12.6. The molecular weight excluding hydrogens is 364 g/mol. The third-order valence-electron chi connectivity index (χ3n) is 4.82. The fraction of sp³-hybridized carbons (Fsp3) is 0.579. The summed E-state index contributed by atoms with van der Waals surface area (Å²) in [5.74, 6) is 0.406. The van der Waals surface area contributed by atoms with Crippen LogP contribution in [0.1, 0.15) is 60.9 Å². The fourth-order valence-electron chi connectivity index (χ4n) is 3.18. The Labute approximate surface area is 163 Å². The van der Waals surface area contributed by atoms with Gasteiger partial charge in [0.1, 0.15) is 5.01 Å². The van der Waals surface area contributed by atoms with Gasteiger partial charge in [0, 0.05) is 36.1 Å². The van der Waals surface area contributed by atoms with Gasteiger partial charge in [-0.25, -0.2) is 4.98 Å². The molecule has 1 saturated heterocycles. The molecule has 1 N–H and O–H groups in total. The van der Waals surface area contributed by atoms with Crippen LogP contribution in [0.2, 0.25) is 0 Å². The van der Waals surface area contributed by atoms with E-state index < -0.39 is 5.41 Å². The van der Waals surface area contributed by atoms with E-state index in [-0.39, 0.29) is 29.5 Å². The van der Waals surface area contributed by atoms with E-state index >= 15 is 0 Å². The average Bonchev–Trinajstić information content (AvgIpc) is 3.30. The summed E-state index contributed by atoms with van der Waals surface area (Å²) in [6.07, 6.45) is 3.36. The van der Waals surface area contributed by atoms with Crippen LogP contribution < -0.4 is 5.32 Å². The molecule has 3 rings (SSSR count). The van der Waals surface area contributed by atoms with Gasteiger partial charge in [0.15, 0.2) is 0 Å². The Balaban J connectivity index is 1.67. The molecule has 0 unspecified atom stereocenters. The Hall–Kier alpha value is -2.22. The molecule has 0 radical (unpaired) electrons. The number of nitrogens with one attached hydrogen (secondary N) is 1. The molecule has 0 spiro atoms. The molecular formula is C19H26N4O3S. The predicted molar refractivity (Wildman–Crippen MR) is 102 cm³/mol. The zero-order chi connectivity index (χ0) is 19.6. The molecule has 2 aromatic heterocycles. The normalized spacial score (nSPS) is 17.0. The molecule has 2 amide bonds. The van der Waals surface area contributed by atoms with Crippen LogP contribution in [-0.4, -0.2) is 39.9 Å². The third-order valence-corrected chi connectivity index (χ3v) is 5.68. The lowest BCUT2D eigenvalue weighted by Gasteiger charge is -2.36. The smallest absolute Gasteiger partial charge is 0.292 e. The summed E-state index contributed by atoms with van der Waals surface area (Å²) in [6.45, 7) is 8.75. The summed E-state index contributed by atoms with van der Waals surface area (Å²) < 4.78 is 5.10. The van der Waals surface area contributed by atoms with E-state index in [1.165, 1.54) is 0 Å². The molecule has 1 aliphatic rings. The molecule has 0 bridgehead atoms. The number of thiazole rings is 1. The van der Waals surface area contributed by atoms with E-state index in [0.29, 0.717) is 18.8 Å². The highest BCUT2D eigenvalue weighted by atomic mass is 32.1. The van der Waals surface area contributed by atoms with Gasteiger partial charge in [0.2, 0.25) is 11.7 Å². The molecule has 1 fully saturated rings. The number of piperidine rings is 1. The predicted octanol–water partition coefficient (Wildman–Crippen LogP) is 3.20. The van der Waals surface area contributed by atoms with E-state index in [1.807, 2.05) is 26.2 Å². The number of carbonyl (C=O) groups excluding carboxylic acids is 2. The zero-order valence-electron chi connectivity index (χ0n) is 16.2. The molecule has 2 aromatic rings. The van der Waals surface area contributed by atoms with E-state index in [0.717, 1.165) is 17.8 Å². The van der Waals surface area contributed by atoms with Crippen LogP contribution >= 0.6 is 11.3 Å². The number of likely N-dealkylation sites (tertiary alicyclic amines) is 1. The Bertz CT molecular complexity index is 786. The summed E-state index contributed by atoms with van der Waals surface area (Å²) in [6, 6.07) is 1.54. The van der Waals surface area contributed by atoms with Crippen LogP contribution in [-0.2, 0) is 4.79 Å². The van der Waals surface area contributed by atoms with Crippen molar-refractivity contribution in [1.82, 2.24) is 20.4 Å². The van der Waals surface area contributed by atoms with Crippen molar-refractivity contribution in [2.24, 2.45) is 11.3 Å². The second kappa shape index (κ2) is 7.80. The van der Waals surface area contributed by atoms with Crippen molar-refractivity contribution in [3.8, 4) is 0 Å². The SMILES string of the molecule is Cc1cc(C(=O)N2CCC([C@@H](NC(=O)C(C)(C)C)c3nccs3)CC2)on1. The third kappa shape index (κ3) is 4.55. The van der Waals surface area contributed by atoms with Gasteiger partial charge in [-0.2, -0.15) is 0 Å². The highest BCUT2D eigenvalue weighted by Crippen LogP contribution is 2.33. The van der Waals surface area contributed by atoms with Gasteiger partial charge >= 0.3 is 0 Å². The quantitative estimate of drug-likeness (QED) is 0.866. The molecule has 0 saturated carbocycles. The van der Waals surface area contributed by atoms with Crippen LogP contribution in [0.3, 0.4) is 0 Å². The molecule has 1 atom stereocenters. The van der Waals surface area contributed by atoms with E-state index in [9.17, 15) is 9.59 Å².